The summed E-state index contributed by atoms with van der Waals surface area (Å²) in [4.78, 5) is 0. The van der Waals surface area contributed by atoms with Gasteiger partial charge in [-0.2, -0.15) is 0 Å². The zero-order chi connectivity index (χ0) is 15.0. The van der Waals surface area contributed by atoms with Gasteiger partial charge in [-0.3, -0.25) is 0 Å². The number of rotatable bonds is 10. The van der Waals surface area contributed by atoms with Crippen LogP contribution in [-0.4, -0.2) is 13.1 Å². The van der Waals surface area contributed by atoms with Gasteiger partial charge in [-0.05, 0) is 24.5 Å². The Labute approximate surface area is 131 Å². The Balaban J connectivity index is 1.70. The predicted molar refractivity (Wildman–Crippen MR) is 93.0 cm³/mol. The van der Waals surface area contributed by atoms with E-state index < -0.39 is 0 Å². The third kappa shape index (κ3) is 4.57. The fourth-order valence-electron chi connectivity index (χ4n) is 3.69. The first-order chi connectivity index (χ1) is 10.3. The zero-order valence-electron chi connectivity index (χ0n) is 14.1. The standard InChI is InChI=1S/C20H33N/c1-3-4-5-6-7-8-9-12-15-20(16-21-17-20)19-14-11-10-13-18(19)2/h10-11,13-14,21H,3-9,12,15-17H2,1-2H3. The van der Waals surface area contributed by atoms with Crippen molar-refractivity contribution < 1.29 is 0 Å². The summed E-state index contributed by atoms with van der Waals surface area (Å²) in [5.41, 5.74) is 3.50. The lowest BCUT2D eigenvalue weighted by Gasteiger charge is -2.44. The van der Waals surface area contributed by atoms with Crippen LogP contribution in [0.15, 0.2) is 24.3 Å². The summed E-state index contributed by atoms with van der Waals surface area (Å²) >= 11 is 0. The Morgan fingerprint density at radius 3 is 2.10 bits per heavy atom. The summed E-state index contributed by atoms with van der Waals surface area (Å²) in [6, 6.07) is 8.98. The molecule has 1 saturated heterocycles. The SMILES string of the molecule is CCCCCCCCCCC1(c2ccccc2C)CNC1. The van der Waals surface area contributed by atoms with Crippen molar-refractivity contribution in [1.29, 1.82) is 0 Å². The Kier molecular flexibility index (Phi) is 6.76. The average Bonchev–Trinajstić information content (AvgIpc) is 2.45. The normalized spacial score (nSPS) is 16.7. The molecule has 1 heteroatoms. The van der Waals surface area contributed by atoms with E-state index in [0.717, 1.165) is 0 Å². The first-order valence-electron chi connectivity index (χ1n) is 9.05. The maximum atomic E-state index is 3.50. The molecule has 21 heavy (non-hydrogen) atoms. The van der Waals surface area contributed by atoms with Crippen molar-refractivity contribution in [2.45, 2.75) is 77.0 Å². The van der Waals surface area contributed by atoms with Crippen molar-refractivity contribution in [3.05, 3.63) is 35.4 Å². The van der Waals surface area contributed by atoms with Gasteiger partial charge in [0.25, 0.3) is 0 Å². The van der Waals surface area contributed by atoms with Crippen molar-refractivity contribution in [2.24, 2.45) is 0 Å². The van der Waals surface area contributed by atoms with Gasteiger partial charge in [0.1, 0.15) is 0 Å². The average molecular weight is 287 g/mol. The quantitative estimate of drug-likeness (QED) is 0.571. The van der Waals surface area contributed by atoms with Crippen molar-refractivity contribution in [3.63, 3.8) is 0 Å². The molecule has 2 rings (SSSR count). The van der Waals surface area contributed by atoms with Crippen LogP contribution in [0.5, 0.6) is 0 Å². The number of unbranched alkanes of at least 4 members (excludes halogenated alkanes) is 7. The number of nitrogens with one attached hydrogen (secondary N) is 1. The van der Waals surface area contributed by atoms with Gasteiger partial charge in [-0.1, -0.05) is 82.6 Å². The van der Waals surface area contributed by atoms with Gasteiger partial charge in [0.05, 0.1) is 0 Å². The van der Waals surface area contributed by atoms with Crippen LogP contribution in [0, 0.1) is 6.92 Å². The molecule has 0 amide bonds. The van der Waals surface area contributed by atoms with E-state index in [1.807, 2.05) is 0 Å². The number of hydrogen-bond donors (Lipinski definition) is 1. The van der Waals surface area contributed by atoms with Gasteiger partial charge in [0, 0.05) is 18.5 Å². The molecule has 0 radical (unpaired) electrons. The van der Waals surface area contributed by atoms with Crippen molar-refractivity contribution >= 4 is 0 Å². The second kappa shape index (κ2) is 8.58. The van der Waals surface area contributed by atoms with Crippen LogP contribution < -0.4 is 5.32 Å². The second-order valence-corrected chi connectivity index (χ2v) is 6.92. The Hall–Kier alpha value is -0.820. The molecule has 0 unspecified atom stereocenters. The van der Waals surface area contributed by atoms with Gasteiger partial charge in [-0.25, -0.2) is 0 Å². The van der Waals surface area contributed by atoms with Gasteiger partial charge in [0.2, 0.25) is 0 Å². The lowest BCUT2D eigenvalue weighted by Crippen LogP contribution is -2.57. The minimum atomic E-state index is 0.438. The maximum absolute atomic E-state index is 3.50. The van der Waals surface area contributed by atoms with Gasteiger partial charge in [0.15, 0.2) is 0 Å². The molecule has 0 aliphatic carbocycles. The molecule has 1 N–H and O–H groups in total. The van der Waals surface area contributed by atoms with Crippen molar-refractivity contribution in [1.82, 2.24) is 5.32 Å². The highest BCUT2D eigenvalue weighted by molar-refractivity contribution is 5.36. The molecular weight excluding hydrogens is 254 g/mol. The van der Waals surface area contributed by atoms with Crippen molar-refractivity contribution in [2.75, 3.05) is 13.1 Å². The Bertz CT molecular complexity index is 406. The first-order valence-corrected chi connectivity index (χ1v) is 9.05. The summed E-state index contributed by atoms with van der Waals surface area (Å²) in [7, 11) is 0. The van der Waals surface area contributed by atoms with Crippen LogP contribution in [0.3, 0.4) is 0 Å². The van der Waals surface area contributed by atoms with Gasteiger partial charge in [-0.15, -0.1) is 0 Å². The van der Waals surface area contributed by atoms with E-state index >= 15 is 0 Å². The highest BCUT2D eigenvalue weighted by Crippen LogP contribution is 2.36. The third-order valence-corrected chi connectivity index (χ3v) is 5.15. The molecule has 118 valence electrons. The fraction of sp³-hybridized carbons (Fsp3) is 0.700. The number of hydrogen-bond acceptors (Lipinski definition) is 1. The maximum Gasteiger partial charge on any atom is 0.0205 e. The molecule has 1 aromatic rings. The highest BCUT2D eigenvalue weighted by atomic mass is 15.0. The van der Waals surface area contributed by atoms with E-state index in [9.17, 15) is 0 Å². The fourth-order valence-corrected chi connectivity index (χ4v) is 3.69. The summed E-state index contributed by atoms with van der Waals surface area (Å²) < 4.78 is 0. The molecule has 0 saturated carbocycles. The van der Waals surface area contributed by atoms with E-state index in [-0.39, 0.29) is 0 Å². The zero-order valence-corrected chi connectivity index (χ0v) is 14.1. The van der Waals surface area contributed by atoms with E-state index in [1.54, 1.807) is 5.56 Å². The molecule has 1 heterocycles. The number of benzene rings is 1. The number of aryl methyl sites for hydroxylation is 1. The smallest absolute Gasteiger partial charge is 0.0205 e. The summed E-state index contributed by atoms with van der Waals surface area (Å²) in [5, 5.41) is 3.50. The van der Waals surface area contributed by atoms with Crippen LogP contribution in [0.2, 0.25) is 0 Å². The predicted octanol–water partition coefficient (Wildman–Crippen LogP) is 5.37. The van der Waals surface area contributed by atoms with Crippen LogP contribution in [0.4, 0.5) is 0 Å². The summed E-state index contributed by atoms with van der Waals surface area (Å²) in [6.07, 6.45) is 12.7. The minimum absolute atomic E-state index is 0.438. The Morgan fingerprint density at radius 2 is 1.52 bits per heavy atom. The van der Waals surface area contributed by atoms with Crippen LogP contribution >= 0.6 is 0 Å². The molecule has 0 aromatic heterocycles. The largest absolute Gasteiger partial charge is 0.315 e. The molecule has 1 aliphatic heterocycles. The van der Waals surface area contributed by atoms with Crippen LogP contribution in [-0.2, 0) is 5.41 Å². The van der Waals surface area contributed by atoms with E-state index in [2.05, 4.69) is 43.4 Å². The Morgan fingerprint density at radius 1 is 0.905 bits per heavy atom. The van der Waals surface area contributed by atoms with E-state index in [0.29, 0.717) is 5.41 Å². The first kappa shape index (κ1) is 16.5. The monoisotopic (exact) mass is 287 g/mol. The molecule has 1 aromatic carbocycles. The minimum Gasteiger partial charge on any atom is -0.315 e. The lowest BCUT2D eigenvalue weighted by atomic mass is 9.70. The summed E-state index contributed by atoms with van der Waals surface area (Å²) in [5.74, 6) is 0. The van der Waals surface area contributed by atoms with Gasteiger partial charge >= 0.3 is 0 Å². The van der Waals surface area contributed by atoms with E-state index in [1.165, 1.54) is 76.4 Å². The van der Waals surface area contributed by atoms with Crippen LogP contribution in [0.25, 0.3) is 0 Å². The van der Waals surface area contributed by atoms with Gasteiger partial charge < -0.3 is 5.32 Å². The summed E-state index contributed by atoms with van der Waals surface area (Å²) in [6.45, 7) is 6.91. The molecule has 1 fully saturated rings. The molecule has 1 nitrogen and oxygen atoms in total. The van der Waals surface area contributed by atoms with Crippen LogP contribution in [0.1, 0.15) is 75.8 Å². The highest BCUT2D eigenvalue weighted by Gasteiger charge is 2.38. The molecule has 1 aliphatic rings. The third-order valence-electron chi connectivity index (χ3n) is 5.15. The second-order valence-electron chi connectivity index (χ2n) is 6.92. The molecular formula is C20H33N. The molecule has 0 atom stereocenters. The van der Waals surface area contributed by atoms with Crippen molar-refractivity contribution in [3.8, 4) is 0 Å². The molecule has 0 spiro atoms. The van der Waals surface area contributed by atoms with E-state index in [4.69, 9.17) is 0 Å². The lowest BCUT2D eigenvalue weighted by molar-refractivity contribution is 0.248. The topological polar surface area (TPSA) is 12.0 Å². The molecule has 0 bridgehead atoms.